The lowest BCUT2D eigenvalue weighted by molar-refractivity contribution is 0.806. The zero-order valence-electron chi connectivity index (χ0n) is 10.3. The standard InChI is InChI=1S/C13H12BrN5/c1-8(17-13-9(14)6-15-7-16-13)12-18-10-4-2-3-5-11(10)19-12/h2-8H,1H3,(H,18,19)(H,15,16,17). The van der Waals surface area contributed by atoms with E-state index in [0.29, 0.717) is 0 Å². The van der Waals surface area contributed by atoms with Crippen LogP contribution in [-0.2, 0) is 0 Å². The van der Waals surface area contributed by atoms with Gasteiger partial charge in [0.25, 0.3) is 0 Å². The molecular formula is C13H12BrN5. The molecule has 2 N–H and O–H groups in total. The van der Waals surface area contributed by atoms with Crippen LogP contribution in [0.2, 0.25) is 0 Å². The van der Waals surface area contributed by atoms with Crippen molar-refractivity contribution in [3.8, 4) is 0 Å². The fourth-order valence-electron chi connectivity index (χ4n) is 1.87. The number of hydrogen-bond acceptors (Lipinski definition) is 4. The van der Waals surface area contributed by atoms with Crippen LogP contribution in [0.15, 0.2) is 41.3 Å². The van der Waals surface area contributed by atoms with Gasteiger partial charge in [0.1, 0.15) is 18.0 Å². The molecule has 0 radical (unpaired) electrons. The minimum atomic E-state index is 0.0265. The summed E-state index contributed by atoms with van der Waals surface area (Å²) in [6.45, 7) is 2.03. The van der Waals surface area contributed by atoms with Crippen molar-refractivity contribution in [1.29, 1.82) is 0 Å². The first-order valence-electron chi connectivity index (χ1n) is 5.91. The second kappa shape index (κ2) is 4.97. The highest BCUT2D eigenvalue weighted by molar-refractivity contribution is 9.10. The maximum atomic E-state index is 4.56. The van der Waals surface area contributed by atoms with Crippen molar-refractivity contribution in [3.63, 3.8) is 0 Å². The van der Waals surface area contributed by atoms with Crippen LogP contribution >= 0.6 is 15.9 Å². The zero-order valence-corrected chi connectivity index (χ0v) is 11.8. The van der Waals surface area contributed by atoms with E-state index in [4.69, 9.17) is 0 Å². The predicted molar refractivity (Wildman–Crippen MR) is 77.9 cm³/mol. The zero-order chi connectivity index (χ0) is 13.2. The van der Waals surface area contributed by atoms with Crippen molar-refractivity contribution in [2.24, 2.45) is 0 Å². The number of hydrogen-bond donors (Lipinski definition) is 2. The van der Waals surface area contributed by atoms with E-state index < -0.39 is 0 Å². The Morgan fingerprint density at radius 1 is 1.32 bits per heavy atom. The lowest BCUT2D eigenvalue weighted by Gasteiger charge is -2.12. The van der Waals surface area contributed by atoms with Gasteiger partial charge in [0.2, 0.25) is 0 Å². The minimum absolute atomic E-state index is 0.0265. The quantitative estimate of drug-likeness (QED) is 0.778. The summed E-state index contributed by atoms with van der Waals surface area (Å²) < 4.78 is 0.831. The topological polar surface area (TPSA) is 66.5 Å². The van der Waals surface area contributed by atoms with Gasteiger partial charge in [-0.1, -0.05) is 12.1 Å². The summed E-state index contributed by atoms with van der Waals surface area (Å²) in [5.74, 6) is 1.63. The molecule has 0 saturated carbocycles. The van der Waals surface area contributed by atoms with Gasteiger partial charge in [-0.15, -0.1) is 0 Å². The number of halogens is 1. The molecular weight excluding hydrogens is 306 g/mol. The first-order chi connectivity index (χ1) is 9.24. The molecule has 2 heterocycles. The number of nitrogens with zero attached hydrogens (tertiary/aromatic N) is 3. The highest BCUT2D eigenvalue weighted by Gasteiger charge is 2.12. The van der Waals surface area contributed by atoms with E-state index >= 15 is 0 Å². The largest absolute Gasteiger partial charge is 0.359 e. The van der Waals surface area contributed by atoms with Gasteiger partial charge < -0.3 is 10.3 Å². The Balaban J connectivity index is 1.87. The number of H-pyrrole nitrogens is 1. The van der Waals surface area contributed by atoms with Gasteiger partial charge >= 0.3 is 0 Å². The number of para-hydroxylation sites is 2. The van der Waals surface area contributed by atoms with E-state index in [-0.39, 0.29) is 6.04 Å². The van der Waals surface area contributed by atoms with Crippen molar-refractivity contribution in [2.75, 3.05) is 5.32 Å². The SMILES string of the molecule is CC(Nc1ncncc1Br)c1nc2ccccc2[nH]1. The van der Waals surface area contributed by atoms with Crippen molar-refractivity contribution in [3.05, 3.63) is 47.1 Å². The molecule has 3 rings (SSSR count). The van der Waals surface area contributed by atoms with Crippen molar-refractivity contribution < 1.29 is 0 Å². The molecule has 0 bridgehead atoms. The number of aromatic amines is 1. The minimum Gasteiger partial charge on any atom is -0.359 e. The number of rotatable bonds is 3. The summed E-state index contributed by atoms with van der Waals surface area (Å²) in [6.07, 6.45) is 3.22. The fraction of sp³-hybridized carbons (Fsp3) is 0.154. The summed E-state index contributed by atoms with van der Waals surface area (Å²) in [5.41, 5.74) is 2.00. The number of anilines is 1. The van der Waals surface area contributed by atoms with Crippen molar-refractivity contribution >= 4 is 32.8 Å². The Bertz CT molecular complexity index is 676. The lowest BCUT2D eigenvalue weighted by Crippen LogP contribution is -2.10. The molecule has 2 aromatic heterocycles. The van der Waals surface area contributed by atoms with Gasteiger partial charge in [-0.2, -0.15) is 0 Å². The molecule has 96 valence electrons. The van der Waals surface area contributed by atoms with Crippen LogP contribution < -0.4 is 5.32 Å². The molecule has 1 unspecified atom stereocenters. The van der Waals surface area contributed by atoms with Crippen LogP contribution in [0.4, 0.5) is 5.82 Å². The van der Waals surface area contributed by atoms with E-state index in [1.807, 2.05) is 31.2 Å². The Labute approximate surface area is 118 Å². The Morgan fingerprint density at radius 2 is 2.16 bits per heavy atom. The highest BCUT2D eigenvalue weighted by atomic mass is 79.9. The Kier molecular flexibility index (Phi) is 3.16. The van der Waals surface area contributed by atoms with Gasteiger partial charge in [-0.3, -0.25) is 0 Å². The molecule has 1 aromatic carbocycles. The Hall–Kier alpha value is -1.95. The maximum absolute atomic E-state index is 4.56. The van der Waals surface area contributed by atoms with Crippen LogP contribution in [0, 0.1) is 0 Å². The molecule has 0 amide bonds. The second-order valence-corrected chi connectivity index (χ2v) is 5.08. The molecule has 0 fully saturated rings. The predicted octanol–water partition coefficient (Wildman–Crippen LogP) is 3.29. The first kappa shape index (κ1) is 12.1. The number of nitrogens with one attached hydrogen (secondary N) is 2. The summed E-state index contributed by atoms with van der Waals surface area (Å²) in [7, 11) is 0. The van der Waals surface area contributed by atoms with Gasteiger partial charge in [0.15, 0.2) is 0 Å². The van der Waals surface area contributed by atoms with Crippen LogP contribution in [0.3, 0.4) is 0 Å². The third-order valence-electron chi connectivity index (χ3n) is 2.84. The van der Waals surface area contributed by atoms with Gasteiger partial charge in [0, 0.05) is 6.20 Å². The number of aromatic nitrogens is 4. The van der Waals surface area contributed by atoms with Crippen LogP contribution in [0.25, 0.3) is 11.0 Å². The average Bonchev–Trinajstić information content (AvgIpc) is 2.85. The number of fused-ring (bicyclic) bond motifs is 1. The molecule has 0 aliphatic heterocycles. The maximum Gasteiger partial charge on any atom is 0.144 e. The average molecular weight is 318 g/mol. The first-order valence-corrected chi connectivity index (χ1v) is 6.70. The van der Waals surface area contributed by atoms with Crippen LogP contribution in [0.1, 0.15) is 18.8 Å². The molecule has 3 aromatic rings. The second-order valence-electron chi connectivity index (χ2n) is 4.22. The van der Waals surface area contributed by atoms with Crippen LogP contribution in [0.5, 0.6) is 0 Å². The van der Waals surface area contributed by atoms with E-state index in [9.17, 15) is 0 Å². The molecule has 1 atom stereocenters. The summed E-state index contributed by atoms with van der Waals surface area (Å²) >= 11 is 3.41. The van der Waals surface area contributed by atoms with E-state index in [1.165, 1.54) is 6.33 Å². The summed E-state index contributed by atoms with van der Waals surface area (Å²) in [6, 6.07) is 8.00. The smallest absolute Gasteiger partial charge is 0.144 e. The lowest BCUT2D eigenvalue weighted by atomic mass is 10.3. The van der Waals surface area contributed by atoms with Crippen molar-refractivity contribution in [1.82, 2.24) is 19.9 Å². The third-order valence-corrected chi connectivity index (χ3v) is 3.42. The molecule has 19 heavy (non-hydrogen) atoms. The van der Waals surface area contributed by atoms with E-state index in [1.54, 1.807) is 6.20 Å². The number of imidazole rings is 1. The fourth-order valence-corrected chi connectivity index (χ4v) is 2.20. The highest BCUT2D eigenvalue weighted by Crippen LogP contribution is 2.23. The van der Waals surface area contributed by atoms with E-state index in [2.05, 4.69) is 41.2 Å². The van der Waals surface area contributed by atoms with Gasteiger partial charge in [-0.05, 0) is 35.0 Å². The van der Waals surface area contributed by atoms with Crippen molar-refractivity contribution in [2.45, 2.75) is 13.0 Å². The van der Waals surface area contributed by atoms with Gasteiger partial charge in [-0.25, -0.2) is 15.0 Å². The molecule has 0 saturated heterocycles. The normalized spacial score (nSPS) is 12.5. The number of benzene rings is 1. The molecule has 0 aliphatic carbocycles. The molecule has 6 heteroatoms. The molecule has 5 nitrogen and oxygen atoms in total. The van der Waals surface area contributed by atoms with Crippen LogP contribution in [-0.4, -0.2) is 19.9 Å². The summed E-state index contributed by atoms with van der Waals surface area (Å²) in [5, 5.41) is 3.30. The molecule has 0 aliphatic rings. The van der Waals surface area contributed by atoms with E-state index in [0.717, 1.165) is 27.1 Å². The summed E-state index contributed by atoms with van der Waals surface area (Å²) in [4.78, 5) is 16.0. The molecule has 0 spiro atoms. The third kappa shape index (κ3) is 2.44. The van der Waals surface area contributed by atoms with Gasteiger partial charge in [0.05, 0.1) is 21.5 Å². The monoisotopic (exact) mass is 317 g/mol. The Morgan fingerprint density at radius 3 is 2.95 bits per heavy atom.